The number of amides is 1. The van der Waals surface area contributed by atoms with E-state index < -0.39 is 16.1 Å². The normalized spacial score (nSPS) is 14.6. The molecule has 1 N–H and O–H groups in total. The maximum atomic E-state index is 13.0. The molecular formula is C22H22N2O4S. The summed E-state index contributed by atoms with van der Waals surface area (Å²) in [5.41, 5.74) is 2.97. The highest BCUT2D eigenvalue weighted by Gasteiger charge is 2.30. The van der Waals surface area contributed by atoms with Crippen molar-refractivity contribution in [3.8, 4) is 0 Å². The average Bonchev–Trinajstić information content (AvgIpc) is 3.38. The van der Waals surface area contributed by atoms with E-state index in [2.05, 4.69) is 4.72 Å². The third-order valence-corrected chi connectivity index (χ3v) is 6.57. The van der Waals surface area contributed by atoms with Crippen LogP contribution in [0.2, 0.25) is 0 Å². The van der Waals surface area contributed by atoms with Gasteiger partial charge in [0.1, 0.15) is 5.76 Å². The molecule has 2 aromatic carbocycles. The number of nitrogens with zero attached hydrogens (tertiary/aromatic N) is 1. The topological polar surface area (TPSA) is 79.6 Å². The first-order valence-electron chi connectivity index (χ1n) is 9.45. The van der Waals surface area contributed by atoms with Crippen molar-refractivity contribution >= 4 is 21.6 Å². The number of para-hydroxylation sites is 1. The number of sulfonamides is 1. The van der Waals surface area contributed by atoms with E-state index in [0.717, 1.165) is 23.2 Å². The summed E-state index contributed by atoms with van der Waals surface area (Å²) in [6, 6.07) is 16.9. The Morgan fingerprint density at radius 1 is 1.10 bits per heavy atom. The minimum Gasteiger partial charge on any atom is -0.468 e. The molecule has 0 bridgehead atoms. The quantitative estimate of drug-likeness (QED) is 0.674. The Morgan fingerprint density at radius 3 is 2.59 bits per heavy atom. The summed E-state index contributed by atoms with van der Waals surface area (Å²) in [5, 5.41) is 0. The van der Waals surface area contributed by atoms with Crippen molar-refractivity contribution in [2.24, 2.45) is 0 Å². The highest BCUT2D eigenvalue weighted by Crippen LogP contribution is 2.30. The second-order valence-electron chi connectivity index (χ2n) is 7.13. The summed E-state index contributed by atoms with van der Waals surface area (Å²) in [6.07, 6.45) is 2.23. The number of furan rings is 1. The van der Waals surface area contributed by atoms with Gasteiger partial charge in [-0.15, -0.1) is 0 Å². The lowest BCUT2D eigenvalue weighted by Gasteiger charge is -2.22. The molecule has 0 saturated carbocycles. The second kappa shape index (κ2) is 7.85. The number of hydrogen-bond acceptors (Lipinski definition) is 4. The number of carbonyl (C=O) groups excluding carboxylic acids is 1. The van der Waals surface area contributed by atoms with Crippen LogP contribution in [-0.4, -0.2) is 20.9 Å². The van der Waals surface area contributed by atoms with Crippen molar-refractivity contribution in [3.05, 3.63) is 83.8 Å². The minimum atomic E-state index is -3.81. The van der Waals surface area contributed by atoms with E-state index in [9.17, 15) is 13.2 Å². The van der Waals surface area contributed by atoms with Crippen LogP contribution in [0.4, 0.5) is 5.69 Å². The zero-order valence-corrected chi connectivity index (χ0v) is 16.9. The summed E-state index contributed by atoms with van der Waals surface area (Å²) < 4.78 is 33.8. The number of benzene rings is 2. The molecule has 3 aromatic rings. The van der Waals surface area contributed by atoms with Crippen LogP contribution in [0, 0.1) is 6.92 Å². The predicted octanol–water partition coefficient (Wildman–Crippen LogP) is 3.59. The highest BCUT2D eigenvalue weighted by atomic mass is 32.2. The first kappa shape index (κ1) is 19.4. The molecule has 4 rings (SSSR count). The van der Waals surface area contributed by atoms with E-state index in [0.29, 0.717) is 12.3 Å². The molecule has 0 unspecified atom stereocenters. The van der Waals surface area contributed by atoms with Gasteiger partial charge in [-0.1, -0.05) is 35.9 Å². The average molecular weight is 410 g/mol. The van der Waals surface area contributed by atoms with E-state index in [-0.39, 0.29) is 17.2 Å². The van der Waals surface area contributed by atoms with E-state index >= 15 is 0 Å². The molecule has 1 atom stereocenters. The van der Waals surface area contributed by atoms with Crippen LogP contribution in [0.1, 0.15) is 29.3 Å². The maximum Gasteiger partial charge on any atom is 0.241 e. The fraction of sp³-hybridized carbons (Fsp3) is 0.227. The molecule has 1 aliphatic rings. The van der Waals surface area contributed by atoms with Gasteiger partial charge in [-0.25, -0.2) is 8.42 Å². The Hall–Kier alpha value is -2.90. The zero-order chi connectivity index (χ0) is 20.4. The van der Waals surface area contributed by atoms with Crippen molar-refractivity contribution in [1.82, 2.24) is 4.72 Å². The van der Waals surface area contributed by atoms with E-state index in [4.69, 9.17) is 4.42 Å². The van der Waals surface area contributed by atoms with Gasteiger partial charge in [0.05, 0.1) is 23.6 Å². The molecule has 1 aliphatic heterocycles. The van der Waals surface area contributed by atoms with Crippen LogP contribution in [0.5, 0.6) is 0 Å². The molecular weight excluding hydrogens is 388 g/mol. The lowest BCUT2D eigenvalue weighted by Crippen LogP contribution is -2.35. The zero-order valence-electron chi connectivity index (χ0n) is 16.0. The molecule has 1 aromatic heterocycles. The first-order chi connectivity index (χ1) is 13.9. The Morgan fingerprint density at radius 2 is 1.86 bits per heavy atom. The highest BCUT2D eigenvalue weighted by molar-refractivity contribution is 7.89. The number of aryl methyl sites for hydroxylation is 1. The van der Waals surface area contributed by atoms with Crippen molar-refractivity contribution in [2.75, 3.05) is 11.4 Å². The van der Waals surface area contributed by atoms with Crippen LogP contribution in [0.25, 0.3) is 0 Å². The number of nitrogens with one attached hydrogen (secondary N) is 1. The lowest BCUT2D eigenvalue weighted by molar-refractivity contribution is -0.119. The van der Waals surface area contributed by atoms with Crippen molar-refractivity contribution in [3.63, 3.8) is 0 Å². The van der Waals surface area contributed by atoms with E-state index in [1.165, 1.54) is 6.26 Å². The Kier molecular flexibility index (Phi) is 5.25. The maximum absolute atomic E-state index is 13.0. The Bertz CT molecular complexity index is 1110. The predicted molar refractivity (Wildman–Crippen MR) is 110 cm³/mol. The van der Waals surface area contributed by atoms with Gasteiger partial charge in [-0.2, -0.15) is 4.72 Å². The Balaban J connectivity index is 1.57. The van der Waals surface area contributed by atoms with E-state index in [1.54, 1.807) is 41.3 Å². The minimum absolute atomic E-state index is 0.0348. The van der Waals surface area contributed by atoms with Crippen molar-refractivity contribution < 1.29 is 17.6 Å². The van der Waals surface area contributed by atoms with Crippen LogP contribution in [0.3, 0.4) is 0 Å². The summed E-state index contributed by atoms with van der Waals surface area (Å²) in [4.78, 5) is 14.9. The molecule has 1 amide bonds. The molecule has 29 heavy (non-hydrogen) atoms. The molecule has 150 valence electrons. The first-order valence-corrected chi connectivity index (χ1v) is 10.9. The summed E-state index contributed by atoms with van der Waals surface area (Å²) >= 11 is 0. The molecule has 6 nitrogen and oxygen atoms in total. The monoisotopic (exact) mass is 410 g/mol. The largest absolute Gasteiger partial charge is 0.468 e. The van der Waals surface area contributed by atoms with Gasteiger partial charge in [0, 0.05) is 12.2 Å². The number of anilines is 1. The molecule has 0 spiro atoms. The van der Waals surface area contributed by atoms with Crippen LogP contribution >= 0.6 is 0 Å². The fourth-order valence-electron chi connectivity index (χ4n) is 3.54. The van der Waals surface area contributed by atoms with Gasteiger partial charge < -0.3 is 9.32 Å². The standard InChI is InChI=1S/C22H22N2O4S/c1-16-8-10-18(11-9-16)29(26,27)23-19(21-7-4-14-28-21)15-22(25)24-13-12-17-5-2-3-6-20(17)24/h2-11,14,19,23H,12-13,15H2,1H3/t19-/m0/s1. The van der Waals surface area contributed by atoms with Gasteiger partial charge in [-0.3, -0.25) is 4.79 Å². The van der Waals surface area contributed by atoms with Crippen molar-refractivity contribution in [2.45, 2.75) is 30.7 Å². The molecule has 7 heteroatoms. The SMILES string of the molecule is Cc1ccc(S(=O)(=O)N[C@@H](CC(=O)N2CCc3ccccc32)c2ccco2)cc1. The number of hydrogen-bond donors (Lipinski definition) is 1. The van der Waals surface area contributed by atoms with E-state index in [1.807, 2.05) is 31.2 Å². The van der Waals surface area contributed by atoms with Gasteiger partial charge in [0.25, 0.3) is 0 Å². The summed E-state index contributed by atoms with van der Waals surface area (Å²) in [7, 11) is -3.81. The summed E-state index contributed by atoms with van der Waals surface area (Å²) in [6.45, 7) is 2.48. The van der Waals surface area contributed by atoms with Crippen LogP contribution < -0.4 is 9.62 Å². The summed E-state index contributed by atoms with van der Waals surface area (Å²) in [5.74, 6) is 0.254. The van der Waals surface area contributed by atoms with Crippen LogP contribution in [-0.2, 0) is 21.2 Å². The molecule has 0 aliphatic carbocycles. The van der Waals surface area contributed by atoms with Crippen LogP contribution in [0.15, 0.2) is 76.2 Å². The van der Waals surface area contributed by atoms with Gasteiger partial charge in [0.15, 0.2) is 0 Å². The number of fused-ring (bicyclic) bond motifs is 1. The number of carbonyl (C=O) groups is 1. The van der Waals surface area contributed by atoms with Gasteiger partial charge in [-0.05, 0) is 49.2 Å². The molecule has 2 heterocycles. The van der Waals surface area contributed by atoms with Gasteiger partial charge in [0.2, 0.25) is 15.9 Å². The third-order valence-electron chi connectivity index (χ3n) is 5.08. The molecule has 0 saturated heterocycles. The second-order valence-corrected chi connectivity index (χ2v) is 8.84. The molecule has 0 fully saturated rings. The smallest absolute Gasteiger partial charge is 0.241 e. The van der Waals surface area contributed by atoms with Crippen molar-refractivity contribution in [1.29, 1.82) is 0 Å². The fourth-order valence-corrected chi connectivity index (χ4v) is 4.75. The molecule has 0 radical (unpaired) electrons. The van der Waals surface area contributed by atoms with Gasteiger partial charge >= 0.3 is 0 Å². The lowest BCUT2D eigenvalue weighted by atomic mass is 10.1. The third kappa shape index (κ3) is 4.11. The Labute approximate surface area is 170 Å². The number of rotatable bonds is 6.